The molecule has 0 rings (SSSR count). The molecule has 4 heavy (non-hydrogen) atoms. The third-order valence-corrected chi connectivity index (χ3v) is 1.86. The Labute approximate surface area is 50.7 Å². The van der Waals surface area contributed by atoms with Gasteiger partial charge < -0.3 is 0 Å². The topological polar surface area (TPSA) is 23.9 Å². The van der Waals surface area contributed by atoms with Gasteiger partial charge >= 0.3 is 0 Å². The Morgan fingerprint density at radius 3 is 2.75 bits per heavy atom. The fourth-order valence-electron chi connectivity index (χ4n) is 0. The molecule has 0 saturated carbocycles. The molecule has 0 aliphatic rings. The molecule has 1 atom stereocenters. The number of rotatable bonds is 1. The van der Waals surface area contributed by atoms with Crippen LogP contribution in [0.15, 0.2) is 0 Å². The molecule has 1 N–H and O–H groups in total. The highest BCUT2D eigenvalue weighted by molar-refractivity contribution is 14.2. The van der Waals surface area contributed by atoms with Gasteiger partial charge in [-0.1, -0.05) is 22.6 Å². The van der Waals surface area contributed by atoms with Crippen molar-refractivity contribution in [2.24, 2.45) is 0 Å². The summed E-state index contributed by atoms with van der Waals surface area (Å²) in [6, 6.07) is 0. The van der Waals surface area contributed by atoms with Gasteiger partial charge in [0.15, 0.2) is 0 Å². The number of nitrogens with one attached hydrogen (secondary N) is 1. The van der Waals surface area contributed by atoms with Crippen molar-refractivity contribution in [2.75, 3.05) is 2.41 Å². The zero-order valence-electron chi connectivity index (χ0n) is 2.83. The van der Waals surface area contributed by atoms with Crippen LogP contribution in [0.5, 0.6) is 0 Å². The molecule has 0 heterocycles. The second-order valence-electron chi connectivity index (χ2n) is 0.192. The highest BCUT2D eigenvalue weighted by atomic mass is 127. The molecular weight excluding hydrogens is 280 g/mol. The second-order valence-corrected chi connectivity index (χ2v) is 4.44. The fourth-order valence-corrected chi connectivity index (χ4v) is 0. The first-order valence-electron chi connectivity index (χ1n) is 1.20. The van der Waals surface area contributed by atoms with Crippen LogP contribution in [-0.4, -0.2) is 2.41 Å². The predicted molar refractivity (Wildman–Crippen MR) is 35.6 cm³/mol. The van der Waals surface area contributed by atoms with Gasteiger partial charge in [-0.15, -0.1) is 0 Å². The Morgan fingerprint density at radius 2 is 2.75 bits per heavy atom. The summed E-state index contributed by atoms with van der Waals surface area (Å²) in [6.45, 7) is 0. The van der Waals surface area contributed by atoms with Crippen molar-refractivity contribution in [2.45, 2.75) is 0 Å². The molecule has 1 unspecified atom stereocenters. The van der Waals surface area contributed by atoms with E-state index in [4.69, 9.17) is 4.93 Å². The van der Waals surface area contributed by atoms with Gasteiger partial charge in [0.1, 0.15) is 0 Å². The summed E-state index contributed by atoms with van der Waals surface area (Å²) < 4.78 is 13.1. The Bertz CT molecular complexity index is 36.6. The van der Waals surface area contributed by atoms with Crippen LogP contribution in [0.4, 0.5) is 0 Å². The largest absolute Gasteiger partial charge is 0.278 e. The summed E-state index contributed by atoms with van der Waals surface area (Å²) in [6.07, 6.45) is 0. The first kappa shape index (κ1) is 3.45. The summed E-state index contributed by atoms with van der Waals surface area (Å²) >= 11 is 1.39. The SMILES string of the molecule is [3H]C(I)I=N. The Balaban J connectivity index is 2.83. The van der Waals surface area contributed by atoms with Crippen LogP contribution in [-0.2, 0) is 0 Å². The quantitative estimate of drug-likeness (QED) is 0.563. The van der Waals surface area contributed by atoms with E-state index >= 15 is 0 Å². The monoisotopic (exact) mass is 285 g/mol. The summed E-state index contributed by atoms with van der Waals surface area (Å²) in [4.78, 5) is 0. The van der Waals surface area contributed by atoms with E-state index in [1.54, 1.807) is 0 Å². The van der Waals surface area contributed by atoms with Gasteiger partial charge in [-0.25, -0.2) is 0 Å². The molecule has 0 bridgehead atoms. The van der Waals surface area contributed by atoms with Gasteiger partial charge in [0, 0.05) is 0 Å². The van der Waals surface area contributed by atoms with E-state index in [9.17, 15) is 0 Å². The number of alkyl halides is 2. The fraction of sp³-hybridized carbons (Fsp3) is 1.00. The number of hydrogen-bond acceptors (Lipinski definition) is 1. The van der Waals surface area contributed by atoms with E-state index in [0.717, 1.165) is 0 Å². The highest BCUT2D eigenvalue weighted by Crippen LogP contribution is 1.96. The third kappa shape index (κ3) is 3.26. The molecule has 0 aromatic carbocycles. The van der Waals surface area contributed by atoms with Crippen molar-refractivity contribution < 1.29 is 1.37 Å². The van der Waals surface area contributed by atoms with Gasteiger partial charge in [0.05, 0.1) is 3.78 Å². The van der Waals surface area contributed by atoms with Gasteiger partial charge in [-0.2, -0.15) is 0 Å². The molecular formula is CH3I2N. The number of halogens is 2. The standard InChI is InChI=1S/CH3I2N/c2-1-3-4/h4H,1H2/i1T. The molecule has 0 aromatic rings. The van der Waals surface area contributed by atoms with Crippen molar-refractivity contribution in [3.05, 3.63) is 0 Å². The van der Waals surface area contributed by atoms with Gasteiger partial charge in [-0.05, 0) is 21.0 Å². The average molecular weight is 285 g/mol. The van der Waals surface area contributed by atoms with Crippen molar-refractivity contribution >= 4 is 43.6 Å². The zero-order valence-corrected chi connectivity index (χ0v) is 6.15. The van der Waals surface area contributed by atoms with Gasteiger partial charge in [-0.3, -0.25) is 3.56 Å². The van der Waals surface area contributed by atoms with E-state index in [2.05, 4.69) is 0 Å². The molecule has 0 saturated heterocycles. The zero-order chi connectivity index (χ0) is 4.28. The Kier molecular flexibility index (Phi) is 3.67. The van der Waals surface area contributed by atoms with E-state index in [1.807, 2.05) is 22.6 Å². The van der Waals surface area contributed by atoms with Crippen LogP contribution in [0.2, 0.25) is 0 Å². The van der Waals surface area contributed by atoms with E-state index in [-0.39, 0.29) is 2.41 Å². The maximum absolute atomic E-state index is 6.67. The summed E-state index contributed by atoms with van der Waals surface area (Å²) in [5, 5.41) is 0. The minimum absolute atomic E-state index is 0.119. The van der Waals surface area contributed by atoms with Gasteiger partial charge in [0.25, 0.3) is 0 Å². The number of hydrogen-bond donors (Lipinski definition) is 1. The summed E-state index contributed by atoms with van der Waals surface area (Å²) in [7, 11) is 0. The first-order chi connectivity index (χ1) is 2.27. The Hall–Kier alpha value is 1.26. The first-order valence-corrected chi connectivity index (χ1v) is 4.20. The van der Waals surface area contributed by atoms with E-state index in [0.29, 0.717) is 0 Å². The summed E-state index contributed by atoms with van der Waals surface area (Å²) in [5.74, 6) is 0. The molecule has 0 amide bonds. The molecule has 0 radical (unpaired) electrons. The maximum Gasteiger partial charge on any atom is 0.0630 e. The normalized spacial score (nSPS) is 18.8. The van der Waals surface area contributed by atoms with Crippen LogP contribution in [0.3, 0.4) is 0 Å². The van der Waals surface area contributed by atoms with Crippen LogP contribution < -0.4 is 0 Å². The van der Waals surface area contributed by atoms with E-state index < -0.39 is 21.0 Å². The molecule has 0 fully saturated rings. The van der Waals surface area contributed by atoms with Crippen LogP contribution in [0.1, 0.15) is 1.37 Å². The predicted octanol–water partition coefficient (Wildman–Crippen LogP) is 2.11. The second kappa shape index (κ2) is 4.26. The van der Waals surface area contributed by atoms with Crippen LogP contribution in [0, 0.1) is 3.56 Å². The minimum Gasteiger partial charge on any atom is -0.278 e. The summed E-state index contributed by atoms with van der Waals surface area (Å²) in [5.41, 5.74) is 0. The molecule has 3 heteroatoms. The lowest BCUT2D eigenvalue weighted by atomic mass is 12.0. The lowest BCUT2D eigenvalue weighted by Gasteiger charge is -1.52. The molecule has 1 nitrogen and oxygen atoms in total. The van der Waals surface area contributed by atoms with Crippen LogP contribution >= 0.6 is 43.6 Å². The molecule has 0 aliphatic heterocycles. The average Bonchev–Trinajstić information content (AvgIpc) is 1.38. The van der Waals surface area contributed by atoms with Gasteiger partial charge in [0.2, 0.25) is 0 Å². The molecule has 0 spiro atoms. The maximum atomic E-state index is 6.67. The molecule has 26 valence electrons. The van der Waals surface area contributed by atoms with Crippen LogP contribution in [0.25, 0.3) is 0 Å². The van der Waals surface area contributed by atoms with Crippen molar-refractivity contribution in [3.63, 3.8) is 0 Å². The Morgan fingerprint density at radius 1 is 2.50 bits per heavy atom. The lowest BCUT2D eigenvalue weighted by molar-refractivity contribution is 1.71. The minimum atomic E-state index is -0.549. The third-order valence-electron chi connectivity index (χ3n) is 0.0412. The van der Waals surface area contributed by atoms with Crippen molar-refractivity contribution in [1.82, 2.24) is 0 Å². The lowest BCUT2D eigenvalue weighted by Crippen LogP contribution is -1.24. The molecule has 0 aromatic heterocycles. The van der Waals surface area contributed by atoms with Crippen molar-refractivity contribution in [3.8, 4) is 0 Å². The van der Waals surface area contributed by atoms with E-state index in [1.165, 1.54) is 0 Å². The molecule has 0 aliphatic carbocycles. The smallest absolute Gasteiger partial charge is 0.0630 e. The van der Waals surface area contributed by atoms with Crippen molar-refractivity contribution in [1.29, 1.82) is 3.56 Å². The highest BCUT2D eigenvalue weighted by Gasteiger charge is 1.51.